The Balaban J connectivity index is 2.28. The van der Waals surface area contributed by atoms with Crippen LogP contribution in [0.1, 0.15) is 41.0 Å². The molecular weight excluding hydrogens is 248 g/mol. The quantitative estimate of drug-likeness (QED) is 0.927. The van der Waals surface area contributed by atoms with Gasteiger partial charge in [-0.1, -0.05) is 24.3 Å². The van der Waals surface area contributed by atoms with Crippen LogP contribution in [-0.2, 0) is 5.54 Å². The van der Waals surface area contributed by atoms with Crippen LogP contribution in [0.25, 0.3) is 0 Å². The summed E-state index contributed by atoms with van der Waals surface area (Å²) < 4.78 is 0. The zero-order valence-corrected chi connectivity index (χ0v) is 12.4. The fourth-order valence-electron chi connectivity index (χ4n) is 2.32. The number of hydrogen-bond acceptors (Lipinski definition) is 2. The number of nitrogens with zero attached hydrogens (tertiary/aromatic N) is 1. The molecule has 0 spiro atoms. The summed E-state index contributed by atoms with van der Waals surface area (Å²) in [6.45, 7) is 7.83. The summed E-state index contributed by atoms with van der Waals surface area (Å²) in [5.41, 5.74) is 3.06. The fourth-order valence-corrected chi connectivity index (χ4v) is 2.32. The Morgan fingerprint density at radius 1 is 1.05 bits per heavy atom. The molecule has 0 aliphatic heterocycles. The molecule has 1 heterocycles. The fraction of sp³-hybridized carbons (Fsp3) is 0.294. The largest absolute Gasteiger partial charge is 0.342 e. The number of amides is 1. The van der Waals surface area contributed by atoms with Crippen molar-refractivity contribution in [2.75, 3.05) is 0 Å². The molecule has 0 radical (unpaired) electrons. The second-order valence-corrected chi connectivity index (χ2v) is 5.56. The highest BCUT2D eigenvalue weighted by molar-refractivity contribution is 5.97. The summed E-state index contributed by atoms with van der Waals surface area (Å²) in [7, 11) is 0. The van der Waals surface area contributed by atoms with E-state index in [9.17, 15) is 4.79 Å². The number of carbonyl (C=O) groups excluding carboxylic acids is 1. The number of aromatic nitrogens is 1. The summed E-state index contributed by atoms with van der Waals surface area (Å²) in [5.74, 6) is -0.0590. The van der Waals surface area contributed by atoms with Crippen LogP contribution in [0.15, 0.2) is 42.6 Å². The molecule has 0 fully saturated rings. The normalized spacial score (nSPS) is 11.2. The minimum atomic E-state index is -0.507. The van der Waals surface area contributed by atoms with Crippen LogP contribution >= 0.6 is 0 Å². The second-order valence-electron chi connectivity index (χ2n) is 5.56. The topological polar surface area (TPSA) is 42.0 Å². The van der Waals surface area contributed by atoms with Crippen molar-refractivity contribution in [3.8, 4) is 0 Å². The van der Waals surface area contributed by atoms with Crippen molar-refractivity contribution in [3.63, 3.8) is 0 Å². The van der Waals surface area contributed by atoms with Gasteiger partial charge in [-0.25, -0.2) is 0 Å². The molecule has 1 N–H and O–H groups in total. The molecule has 1 aromatic heterocycles. The number of benzene rings is 1. The number of rotatable bonds is 3. The highest BCUT2D eigenvalue weighted by atomic mass is 16.1. The standard InChI is InChI=1S/C17H20N2O/c1-12-8-7-9-13(2)15(12)16(20)19-17(3,4)14-10-5-6-11-18-14/h5-11H,1-4H3,(H,19,20). The first kappa shape index (κ1) is 14.3. The van der Waals surface area contributed by atoms with Gasteiger partial charge in [0.25, 0.3) is 5.91 Å². The Labute approximate surface area is 120 Å². The van der Waals surface area contributed by atoms with Crippen molar-refractivity contribution in [1.29, 1.82) is 0 Å². The third-order valence-electron chi connectivity index (χ3n) is 3.44. The smallest absolute Gasteiger partial charge is 0.252 e. The summed E-state index contributed by atoms with van der Waals surface area (Å²) in [6, 6.07) is 11.6. The van der Waals surface area contributed by atoms with Crippen molar-refractivity contribution >= 4 is 5.91 Å². The maximum atomic E-state index is 12.5. The predicted molar refractivity (Wildman–Crippen MR) is 80.6 cm³/mol. The molecule has 0 unspecified atom stereocenters. The maximum Gasteiger partial charge on any atom is 0.252 e. The van der Waals surface area contributed by atoms with Gasteiger partial charge in [-0.2, -0.15) is 0 Å². The first-order valence-corrected chi connectivity index (χ1v) is 6.72. The van der Waals surface area contributed by atoms with Crippen LogP contribution in [0.3, 0.4) is 0 Å². The number of pyridine rings is 1. The molecule has 0 bridgehead atoms. The number of nitrogens with one attached hydrogen (secondary N) is 1. The molecule has 20 heavy (non-hydrogen) atoms. The third-order valence-corrected chi connectivity index (χ3v) is 3.44. The van der Waals surface area contributed by atoms with E-state index in [0.717, 1.165) is 22.4 Å². The van der Waals surface area contributed by atoms with E-state index >= 15 is 0 Å². The molecule has 0 saturated heterocycles. The van der Waals surface area contributed by atoms with Crippen LogP contribution < -0.4 is 5.32 Å². The minimum Gasteiger partial charge on any atom is -0.342 e. The molecule has 3 heteroatoms. The van der Waals surface area contributed by atoms with Crippen molar-refractivity contribution < 1.29 is 4.79 Å². The number of hydrogen-bond donors (Lipinski definition) is 1. The lowest BCUT2D eigenvalue weighted by Gasteiger charge is -2.26. The van der Waals surface area contributed by atoms with Gasteiger partial charge in [-0.05, 0) is 51.0 Å². The van der Waals surface area contributed by atoms with Gasteiger partial charge in [-0.15, -0.1) is 0 Å². The van der Waals surface area contributed by atoms with E-state index in [0.29, 0.717) is 0 Å². The van der Waals surface area contributed by atoms with Crippen LogP contribution in [0.2, 0.25) is 0 Å². The first-order chi connectivity index (χ1) is 9.42. The highest BCUT2D eigenvalue weighted by Crippen LogP contribution is 2.20. The van der Waals surface area contributed by atoms with Gasteiger partial charge >= 0.3 is 0 Å². The van der Waals surface area contributed by atoms with Crippen molar-refractivity contribution in [3.05, 3.63) is 65.0 Å². The molecule has 3 nitrogen and oxygen atoms in total. The molecule has 0 aliphatic carbocycles. The predicted octanol–water partition coefficient (Wildman–Crippen LogP) is 3.36. The van der Waals surface area contributed by atoms with Crippen molar-refractivity contribution in [1.82, 2.24) is 10.3 Å². The van der Waals surface area contributed by atoms with Crippen LogP contribution in [0, 0.1) is 13.8 Å². The van der Waals surface area contributed by atoms with Crippen LogP contribution in [0.5, 0.6) is 0 Å². The van der Waals surface area contributed by atoms with E-state index in [-0.39, 0.29) is 5.91 Å². The third kappa shape index (κ3) is 2.87. The molecular formula is C17H20N2O. The summed E-state index contributed by atoms with van der Waals surface area (Å²) in [5, 5.41) is 3.07. The Kier molecular flexibility index (Phi) is 3.89. The average molecular weight is 268 g/mol. The van der Waals surface area contributed by atoms with E-state index in [1.54, 1.807) is 6.20 Å². The lowest BCUT2D eigenvalue weighted by molar-refractivity contribution is 0.0909. The van der Waals surface area contributed by atoms with Gasteiger partial charge in [0.2, 0.25) is 0 Å². The molecule has 2 aromatic rings. The second kappa shape index (κ2) is 5.45. The Morgan fingerprint density at radius 3 is 2.25 bits per heavy atom. The van der Waals surface area contributed by atoms with E-state index in [1.165, 1.54) is 0 Å². The van der Waals surface area contributed by atoms with Crippen molar-refractivity contribution in [2.24, 2.45) is 0 Å². The van der Waals surface area contributed by atoms with Gasteiger partial charge < -0.3 is 5.32 Å². The SMILES string of the molecule is Cc1cccc(C)c1C(=O)NC(C)(C)c1ccccn1. The molecule has 2 rings (SSSR count). The lowest BCUT2D eigenvalue weighted by atomic mass is 9.97. The van der Waals surface area contributed by atoms with Gasteiger partial charge in [0.15, 0.2) is 0 Å². The Morgan fingerprint density at radius 2 is 1.70 bits per heavy atom. The van der Waals surface area contributed by atoms with Crippen LogP contribution in [0.4, 0.5) is 0 Å². The molecule has 0 atom stereocenters. The molecule has 1 aromatic carbocycles. The van der Waals surface area contributed by atoms with Crippen molar-refractivity contribution in [2.45, 2.75) is 33.2 Å². The monoisotopic (exact) mass is 268 g/mol. The lowest BCUT2D eigenvalue weighted by Crippen LogP contribution is -2.42. The Bertz CT molecular complexity index is 598. The zero-order valence-electron chi connectivity index (χ0n) is 12.4. The number of carbonyl (C=O) groups is 1. The minimum absolute atomic E-state index is 0.0590. The first-order valence-electron chi connectivity index (χ1n) is 6.72. The van der Waals surface area contributed by atoms with Crippen LogP contribution in [-0.4, -0.2) is 10.9 Å². The van der Waals surface area contributed by atoms with E-state index in [1.807, 2.05) is 64.1 Å². The van der Waals surface area contributed by atoms with Gasteiger partial charge in [-0.3, -0.25) is 9.78 Å². The molecule has 0 saturated carbocycles. The van der Waals surface area contributed by atoms with E-state index in [2.05, 4.69) is 10.3 Å². The van der Waals surface area contributed by atoms with E-state index in [4.69, 9.17) is 0 Å². The zero-order chi connectivity index (χ0) is 14.8. The van der Waals surface area contributed by atoms with Gasteiger partial charge in [0.05, 0.1) is 11.2 Å². The summed E-state index contributed by atoms with van der Waals surface area (Å²) in [4.78, 5) is 16.9. The van der Waals surface area contributed by atoms with E-state index < -0.39 is 5.54 Å². The maximum absolute atomic E-state index is 12.5. The van der Waals surface area contributed by atoms with Gasteiger partial charge in [0, 0.05) is 11.8 Å². The summed E-state index contributed by atoms with van der Waals surface area (Å²) in [6.07, 6.45) is 1.74. The Hall–Kier alpha value is -2.16. The summed E-state index contributed by atoms with van der Waals surface area (Å²) >= 11 is 0. The molecule has 0 aliphatic rings. The molecule has 1 amide bonds. The average Bonchev–Trinajstić information content (AvgIpc) is 2.39. The molecule has 104 valence electrons. The highest BCUT2D eigenvalue weighted by Gasteiger charge is 2.25. The van der Waals surface area contributed by atoms with Gasteiger partial charge in [0.1, 0.15) is 0 Å². The number of aryl methyl sites for hydroxylation is 2.